The van der Waals surface area contributed by atoms with Crippen LogP contribution in [0.5, 0.6) is 0 Å². The quantitative estimate of drug-likeness (QED) is 0.849. The summed E-state index contributed by atoms with van der Waals surface area (Å²) < 4.78 is 5.68. The van der Waals surface area contributed by atoms with Crippen molar-refractivity contribution in [3.05, 3.63) is 23.9 Å². The van der Waals surface area contributed by atoms with Gasteiger partial charge in [0, 0.05) is 30.9 Å². The summed E-state index contributed by atoms with van der Waals surface area (Å²) >= 11 is 0. The Morgan fingerprint density at radius 2 is 2.37 bits per heavy atom. The number of rotatable bonds is 4. The van der Waals surface area contributed by atoms with Gasteiger partial charge in [-0.05, 0) is 27.0 Å². The zero-order chi connectivity index (χ0) is 13.8. The lowest BCUT2D eigenvalue weighted by atomic mass is 10.1. The zero-order valence-corrected chi connectivity index (χ0v) is 11.8. The Labute approximate surface area is 114 Å². The molecule has 0 aromatic carbocycles. The van der Waals surface area contributed by atoms with E-state index < -0.39 is 0 Å². The van der Waals surface area contributed by atoms with Crippen molar-refractivity contribution in [2.75, 3.05) is 31.6 Å². The lowest BCUT2D eigenvalue weighted by molar-refractivity contribution is -0.0423. The van der Waals surface area contributed by atoms with Gasteiger partial charge in [0.25, 0.3) is 0 Å². The number of aliphatic hydroxyl groups is 1. The molecule has 0 spiro atoms. The minimum atomic E-state index is -0.136. The summed E-state index contributed by atoms with van der Waals surface area (Å²) in [6, 6.07) is 4.30. The summed E-state index contributed by atoms with van der Waals surface area (Å²) in [5, 5.41) is 12.6. The number of hydrogen-bond donors (Lipinski definition) is 2. The van der Waals surface area contributed by atoms with Gasteiger partial charge < -0.3 is 20.1 Å². The van der Waals surface area contributed by atoms with E-state index in [0.29, 0.717) is 6.54 Å². The maximum Gasteiger partial charge on any atom is 0.133 e. The number of morpholine rings is 1. The molecule has 2 heterocycles. The van der Waals surface area contributed by atoms with Gasteiger partial charge in [-0.1, -0.05) is 6.07 Å². The van der Waals surface area contributed by atoms with Crippen molar-refractivity contribution >= 4 is 5.82 Å². The highest BCUT2D eigenvalue weighted by atomic mass is 16.5. The number of pyridine rings is 1. The van der Waals surface area contributed by atoms with E-state index in [-0.39, 0.29) is 24.9 Å². The molecule has 106 valence electrons. The third-order valence-corrected chi connectivity index (χ3v) is 3.55. The second-order valence-corrected chi connectivity index (χ2v) is 5.08. The Hall–Kier alpha value is -1.17. The van der Waals surface area contributed by atoms with Gasteiger partial charge in [0.2, 0.25) is 0 Å². The van der Waals surface area contributed by atoms with Crippen molar-refractivity contribution in [1.82, 2.24) is 10.3 Å². The highest BCUT2D eigenvalue weighted by Crippen LogP contribution is 2.26. The minimum absolute atomic E-state index is 0.0462. The van der Waals surface area contributed by atoms with Crippen LogP contribution in [0.3, 0.4) is 0 Å². The van der Waals surface area contributed by atoms with Gasteiger partial charge in [-0.2, -0.15) is 0 Å². The van der Waals surface area contributed by atoms with Gasteiger partial charge >= 0.3 is 0 Å². The molecule has 0 aliphatic carbocycles. The number of ether oxygens (including phenoxy) is 1. The summed E-state index contributed by atoms with van der Waals surface area (Å²) in [4.78, 5) is 6.73. The first-order valence-electron chi connectivity index (χ1n) is 6.79. The average molecular weight is 265 g/mol. The van der Waals surface area contributed by atoms with E-state index in [0.717, 1.165) is 12.4 Å². The molecule has 1 saturated heterocycles. The molecule has 3 unspecified atom stereocenters. The molecule has 19 heavy (non-hydrogen) atoms. The Morgan fingerprint density at radius 1 is 1.58 bits per heavy atom. The first-order chi connectivity index (χ1) is 9.15. The molecule has 2 rings (SSSR count). The number of aliphatic hydroxyl groups excluding tert-OH is 1. The third-order valence-electron chi connectivity index (χ3n) is 3.55. The largest absolute Gasteiger partial charge is 0.394 e. The predicted molar refractivity (Wildman–Crippen MR) is 75.3 cm³/mol. The lowest BCUT2D eigenvalue weighted by Gasteiger charge is -2.38. The van der Waals surface area contributed by atoms with Crippen molar-refractivity contribution in [3.63, 3.8) is 0 Å². The number of nitrogens with zero attached hydrogens (tertiary/aromatic N) is 2. The predicted octanol–water partition coefficient (Wildman–Crippen LogP) is 0.948. The van der Waals surface area contributed by atoms with Crippen LogP contribution in [-0.2, 0) is 4.74 Å². The van der Waals surface area contributed by atoms with Gasteiger partial charge in [0.05, 0.1) is 18.8 Å². The van der Waals surface area contributed by atoms with Crippen molar-refractivity contribution in [2.24, 2.45) is 0 Å². The van der Waals surface area contributed by atoms with E-state index >= 15 is 0 Å². The SMILES string of the molecule is CNC(C)c1cccnc1N1CC(C)OC(CO)C1. The standard InChI is InChI=1S/C14H23N3O2/c1-10-7-17(8-12(9-18)19-10)14-13(11(2)15-3)5-4-6-16-14/h4-6,10-12,15,18H,7-9H2,1-3H3. The van der Waals surface area contributed by atoms with Crippen LogP contribution in [0.4, 0.5) is 5.82 Å². The van der Waals surface area contributed by atoms with E-state index in [1.165, 1.54) is 5.56 Å². The molecule has 0 bridgehead atoms. The molecule has 1 aromatic rings. The monoisotopic (exact) mass is 265 g/mol. The first-order valence-corrected chi connectivity index (χ1v) is 6.79. The molecule has 1 fully saturated rings. The summed E-state index contributed by atoms with van der Waals surface area (Å²) in [5.74, 6) is 0.984. The van der Waals surface area contributed by atoms with Crippen molar-refractivity contribution < 1.29 is 9.84 Å². The summed E-state index contributed by atoms with van der Waals surface area (Å²) in [6.07, 6.45) is 1.78. The second-order valence-electron chi connectivity index (χ2n) is 5.08. The molecular formula is C14H23N3O2. The van der Waals surface area contributed by atoms with Gasteiger partial charge in [-0.25, -0.2) is 4.98 Å². The van der Waals surface area contributed by atoms with Crippen LogP contribution in [0, 0.1) is 0 Å². The van der Waals surface area contributed by atoms with E-state index in [1.54, 1.807) is 0 Å². The summed E-state index contributed by atoms with van der Waals surface area (Å²) in [5.41, 5.74) is 1.18. The van der Waals surface area contributed by atoms with Crippen molar-refractivity contribution in [1.29, 1.82) is 0 Å². The minimum Gasteiger partial charge on any atom is -0.394 e. The Kier molecular flexibility index (Phi) is 4.74. The van der Waals surface area contributed by atoms with Crippen molar-refractivity contribution in [2.45, 2.75) is 32.1 Å². The Bertz CT molecular complexity index is 413. The molecule has 1 aliphatic heterocycles. The van der Waals surface area contributed by atoms with E-state index in [2.05, 4.69) is 28.2 Å². The molecule has 1 aromatic heterocycles. The van der Waals surface area contributed by atoms with E-state index in [4.69, 9.17) is 4.74 Å². The molecule has 1 aliphatic rings. The first kappa shape index (κ1) is 14.2. The molecule has 5 heteroatoms. The average Bonchev–Trinajstić information content (AvgIpc) is 2.45. The van der Waals surface area contributed by atoms with Crippen LogP contribution < -0.4 is 10.2 Å². The van der Waals surface area contributed by atoms with Crippen LogP contribution in [0.25, 0.3) is 0 Å². The Morgan fingerprint density at radius 3 is 3.05 bits per heavy atom. The third kappa shape index (κ3) is 3.23. The van der Waals surface area contributed by atoms with E-state index in [1.807, 2.05) is 26.2 Å². The highest BCUT2D eigenvalue weighted by molar-refractivity contribution is 5.49. The summed E-state index contributed by atoms with van der Waals surface area (Å²) in [7, 11) is 1.94. The van der Waals surface area contributed by atoms with Crippen LogP contribution in [0.15, 0.2) is 18.3 Å². The molecule has 2 N–H and O–H groups in total. The van der Waals surface area contributed by atoms with Gasteiger partial charge in [-0.15, -0.1) is 0 Å². The smallest absolute Gasteiger partial charge is 0.133 e. The molecule has 5 nitrogen and oxygen atoms in total. The fraction of sp³-hybridized carbons (Fsp3) is 0.643. The van der Waals surface area contributed by atoms with Gasteiger partial charge in [-0.3, -0.25) is 0 Å². The number of anilines is 1. The molecule has 0 radical (unpaired) electrons. The van der Waals surface area contributed by atoms with Gasteiger partial charge in [0.15, 0.2) is 0 Å². The second kappa shape index (κ2) is 6.32. The fourth-order valence-electron chi connectivity index (χ4n) is 2.49. The van der Waals surface area contributed by atoms with Crippen molar-refractivity contribution in [3.8, 4) is 0 Å². The normalized spacial score (nSPS) is 25.4. The highest BCUT2D eigenvalue weighted by Gasteiger charge is 2.27. The number of aromatic nitrogens is 1. The van der Waals surface area contributed by atoms with Crippen LogP contribution >= 0.6 is 0 Å². The molecular weight excluding hydrogens is 242 g/mol. The molecule has 0 saturated carbocycles. The molecule has 3 atom stereocenters. The topological polar surface area (TPSA) is 57.6 Å². The van der Waals surface area contributed by atoms with Crippen LogP contribution in [-0.4, -0.2) is 49.0 Å². The maximum atomic E-state index is 9.31. The Balaban J connectivity index is 2.25. The number of hydrogen-bond acceptors (Lipinski definition) is 5. The molecule has 0 amide bonds. The van der Waals surface area contributed by atoms with E-state index in [9.17, 15) is 5.11 Å². The lowest BCUT2D eigenvalue weighted by Crippen LogP contribution is -2.48. The fourth-order valence-corrected chi connectivity index (χ4v) is 2.49. The summed E-state index contributed by atoms with van der Waals surface area (Å²) in [6.45, 7) is 5.68. The van der Waals surface area contributed by atoms with Crippen LogP contribution in [0.1, 0.15) is 25.5 Å². The maximum absolute atomic E-state index is 9.31. The van der Waals surface area contributed by atoms with Crippen LogP contribution in [0.2, 0.25) is 0 Å². The van der Waals surface area contributed by atoms with Gasteiger partial charge in [0.1, 0.15) is 5.82 Å². The number of nitrogens with one attached hydrogen (secondary N) is 1. The zero-order valence-electron chi connectivity index (χ0n) is 11.8.